The van der Waals surface area contributed by atoms with E-state index in [9.17, 15) is 13.2 Å². The Morgan fingerprint density at radius 2 is 1.93 bits per heavy atom. The van der Waals surface area contributed by atoms with Crippen LogP contribution in [0.25, 0.3) is 0 Å². The number of aromatic nitrogens is 2. The number of amides is 1. The highest BCUT2D eigenvalue weighted by molar-refractivity contribution is 7.89. The van der Waals surface area contributed by atoms with Crippen LogP contribution in [0.5, 0.6) is 5.88 Å². The van der Waals surface area contributed by atoms with Crippen molar-refractivity contribution in [2.24, 2.45) is 0 Å². The maximum Gasteiger partial charge on any atom is 0.259 e. The molecule has 3 rings (SSSR count). The van der Waals surface area contributed by atoms with Gasteiger partial charge in [0.15, 0.2) is 0 Å². The first-order valence-corrected chi connectivity index (χ1v) is 11.4. The van der Waals surface area contributed by atoms with Gasteiger partial charge in [0.05, 0.1) is 37.8 Å². The largest absolute Gasteiger partial charge is 0.477 e. The lowest BCUT2D eigenvalue weighted by molar-refractivity contribution is 0.0714. The van der Waals surface area contributed by atoms with Crippen LogP contribution in [0.3, 0.4) is 0 Å². The highest BCUT2D eigenvalue weighted by Crippen LogP contribution is 2.18. The predicted molar refractivity (Wildman–Crippen MR) is 111 cm³/mol. The smallest absolute Gasteiger partial charge is 0.259 e. The standard InChI is InChI=1S/C20H26N4O5S/c1-2-29-19-18(7-5-9-22-19)20(25)23(16-17-6-3-4-8-21-17)12-15-30(26,27)24-10-13-28-14-11-24/h3-9H,2,10-16H2,1H3. The first kappa shape index (κ1) is 22.1. The molecule has 0 aliphatic carbocycles. The number of carbonyl (C=O) groups is 1. The van der Waals surface area contributed by atoms with Crippen LogP contribution in [0.1, 0.15) is 23.0 Å². The van der Waals surface area contributed by atoms with Crippen LogP contribution in [0.2, 0.25) is 0 Å². The maximum atomic E-state index is 13.3. The molecule has 0 bridgehead atoms. The van der Waals surface area contributed by atoms with Gasteiger partial charge in [0.25, 0.3) is 5.91 Å². The van der Waals surface area contributed by atoms with Gasteiger partial charge in [0.1, 0.15) is 5.56 Å². The van der Waals surface area contributed by atoms with Crippen molar-refractivity contribution in [3.05, 3.63) is 54.0 Å². The third-order valence-corrected chi connectivity index (χ3v) is 6.48. The Balaban J connectivity index is 1.81. The Labute approximate surface area is 176 Å². The Morgan fingerprint density at radius 1 is 1.17 bits per heavy atom. The van der Waals surface area contributed by atoms with Crippen molar-refractivity contribution >= 4 is 15.9 Å². The minimum Gasteiger partial charge on any atom is -0.477 e. The number of hydrogen-bond donors (Lipinski definition) is 0. The molecule has 0 atom stereocenters. The van der Waals surface area contributed by atoms with Crippen LogP contribution in [0.15, 0.2) is 42.7 Å². The molecule has 1 amide bonds. The second-order valence-corrected chi connectivity index (χ2v) is 8.75. The summed E-state index contributed by atoms with van der Waals surface area (Å²) in [4.78, 5) is 23.2. The number of ether oxygens (including phenoxy) is 2. The summed E-state index contributed by atoms with van der Waals surface area (Å²) in [7, 11) is -3.51. The Kier molecular flexibility index (Phi) is 7.72. The first-order chi connectivity index (χ1) is 14.5. The molecule has 0 aromatic carbocycles. The third kappa shape index (κ3) is 5.74. The van der Waals surface area contributed by atoms with Gasteiger partial charge < -0.3 is 14.4 Å². The molecule has 9 nitrogen and oxygen atoms in total. The summed E-state index contributed by atoms with van der Waals surface area (Å²) in [6.45, 7) is 3.79. The van der Waals surface area contributed by atoms with E-state index in [0.29, 0.717) is 44.2 Å². The fourth-order valence-electron chi connectivity index (χ4n) is 3.09. The molecule has 0 saturated carbocycles. The molecule has 10 heteroatoms. The van der Waals surface area contributed by atoms with Crippen LogP contribution in [-0.4, -0.2) is 78.7 Å². The molecule has 0 spiro atoms. The van der Waals surface area contributed by atoms with Gasteiger partial charge in [-0.1, -0.05) is 6.07 Å². The molecular formula is C20H26N4O5S. The van der Waals surface area contributed by atoms with Gasteiger partial charge in [-0.25, -0.2) is 13.4 Å². The fraction of sp³-hybridized carbons (Fsp3) is 0.450. The Bertz CT molecular complexity index is 933. The summed E-state index contributed by atoms with van der Waals surface area (Å²) in [6.07, 6.45) is 3.19. The highest BCUT2D eigenvalue weighted by atomic mass is 32.2. The van der Waals surface area contributed by atoms with Crippen molar-refractivity contribution in [3.8, 4) is 5.88 Å². The first-order valence-electron chi connectivity index (χ1n) is 9.84. The third-order valence-electron chi connectivity index (χ3n) is 4.63. The molecule has 2 aromatic rings. The monoisotopic (exact) mass is 434 g/mol. The molecule has 0 radical (unpaired) electrons. The zero-order valence-corrected chi connectivity index (χ0v) is 17.8. The molecule has 2 aromatic heterocycles. The molecule has 162 valence electrons. The minimum absolute atomic E-state index is 0.0234. The normalized spacial score (nSPS) is 15.0. The summed E-state index contributed by atoms with van der Waals surface area (Å²) in [5.41, 5.74) is 0.954. The average molecular weight is 435 g/mol. The number of pyridine rings is 2. The van der Waals surface area contributed by atoms with Crippen molar-refractivity contribution in [2.45, 2.75) is 13.5 Å². The number of carbonyl (C=O) groups excluding carboxylic acids is 1. The molecule has 0 N–H and O–H groups in total. The number of hydrogen-bond acceptors (Lipinski definition) is 7. The SMILES string of the molecule is CCOc1ncccc1C(=O)N(CCS(=O)(=O)N1CCOCC1)Cc1ccccn1. The summed E-state index contributed by atoms with van der Waals surface area (Å²) >= 11 is 0. The van der Waals surface area contributed by atoms with Gasteiger partial charge in [0, 0.05) is 32.0 Å². The van der Waals surface area contributed by atoms with Crippen molar-refractivity contribution in [1.29, 1.82) is 0 Å². The van der Waals surface area contributed by atoms with E-state index >= 15 is 0 Å². The second kappa shape index (κ2) is 10.5. The molecule has 3 heterocycles. The lowest BCUT2D eigenvalue weighted by Gasteiger charge is -2.28. The van der Waals surface area contributed by atoms with E-state index in [-0.39, 0.29) is 30.6 Å². The van der Waals surface area contributed by atoms with E-state index in [4.69, 9.17) is 9.47 Å². The Morgan fingerprint density at radius 3 is 2.63 bits per heavy atom. The van der Waals surface area contributed by atoms with Gasteiger partial charge in [-0.15, -0.1) is 0 Å². The number of sulfonamides is 1. The van der Waals surface area contributed by atoms with E-state index in [0.717, 1.165) is 0 Å². The molecule has 30 heavy (non-hydrogen) atoms. The van der Waals surface area contributed by atoms with Gasteiger partial charge in [-0.2, -0.15) is 4.31 Å². The predicted octanol–water partition coefficient (Wildman–Crippen LogP) is 1.18. The fourth-order valence-corrected chi connectivity index (χ4v) is 4.51. The van der Waals surface area contributed by atoms with Crippen molar-refractivity contribution < 1.29 is 22.7 Å². The van der Waals surface area contributed by atoms with E-state index in [1.807, 2.05) is 13.0 Å². The van der Waals surface area contributed by atoms with Crippen LogP contribution in [0, 0.1) is 0 Å². The number of morpholine rings is 1. The molecule has 1 saturated heterocycles. The average Bonchev–Trinajstić information content (AvgIpc) is 2.78. The second-order valence-electron chi connectivity index (χ2n) is 6.66. The molecule has 1 aliphatic heterocycles. The van der Waals surface area contributed by atoms with Crippen LogP contribution >= 0.6 is 0 Å². The van der Waals surface area contributed by atoms with E-state index in [2.05, 4.69) is 9.97 Å². The molecular weight excluding hydrogens is 408 g/mol. The number of nitrogens with zero attached hydrogens (tertiary/aromatic N) is 4. The van der Waals surface area contributed by atoms with Gasteiger partial charge >= 0.3 is 0 Å². The maximum absolute atomic E-state index is 13.3. The van der Waals surface area contributed by atoms with E-state index < -0.39 is 10.0 Å². The lowest BCUT2D eigenvalue weighted by atomic mass is 10.2. The molecule has 0 unspecified atom stereocenters. The van der Waals surface area contributed by atoms with Crippen molar-refractivity contribution in [2.75, 3.05) is 45.2 Å². The Hall–Kier alpha value is -2.56. The van der Waals surface area contributed by atoms with Gasteiger partial charge in [0.2, 0.25) is 15.9 Å². The summed E-state index contributed by atoms with van der Waals surface area (Å²) in [5, 5.41) is 0. The zero-order valence-electron chi connectivity index (χ0n) is 16.9. The zero-order chi connectivity index (χ0) is 21.4. The number of rotatable bonds is 9. The topological polar surface area (TPSA) is 102 Å². The van der Waals surface area contributed by atoms with E-state index in [1.165, 1.54) is 9.21 Å². The summed E-state index contributed by atoms with van der Waals surface area (Å²) < 4.78 is 37.6. The molecule has 1 aliphatic rings. The lowest BCUT2D eigenvalue weighted by Crippen LogP contribution is -2.44. The van der Waals surface area contributed by atoms with Gasteiger partial charge in [-0.05, 0) is 31.2 Å². The minimum atomic E-state index is -3.51. The van der Waals surface area contributed by atoms with E-state index in [1.54, 1.807) is 36.7 Å². The van der Waals surface area contributed by atoms with Crippen LogP contribution in [0.4, 0.5) is 0 Å². The van der Waals surface area contributed by atoms with Crippen LogP contribution < -0.4 is 4.74 Å². The van der Waals surface area contributed by atoms with Crippen LogP contribution in [-0.2, 0) is 21.3 Å². The summed E-state index contributed by atoms with van der Waals surface area (Å²) in [5.74, 6) is -0.308. The highest BCUT2D eigenvalue weighted by Gasteiger charge is 2.27. The summed E-state index contributed by atoms with van der Waals surface area (Å²) in [6, 6.07) is 8.68. The van der Waals surface area contributed by atoms with Crippen molar-refractivity contribution in [1.82, 2.24) is 19.2 Å². The van der Waals surface area contributed by atoms with Crippen molar-refractivity contribution in [3.63, 3.8) is 0 Å². The molecule has 1 fully saturated rings. The van der Waals surface area contributed by atoms with Gasteiger partial charge in [-0.3, -0.25) is 9.78 Å². The quantitative estimate of drug-likeness (QED) is 0.584.